The second-order valence-corrected chi connectivity index (χ2v) is 6.41. The zero-order valence-corrected chi connectivity index (χ0v) is 14.0. The molecule has 0 saturated heterocycles. The van der Waals surface area contributed by atoms with Gasteiger partial charge in [0.15, 0.2) is 5.82 Å². The average Bonchev–Trinajstić information content (AvgIpc) is 2.90. The highest BCUT2D eigenvalue weighted by molar-refractivity contribution is 6.39. The summed E-state index contributed by atoms with van der Waals surface area (Å²) in [5.41, 5.74) is 0.947. The minimum atomic E-state index is -0.762. The van der Waals surface area contributed by atoms with Gasteiger partial charge in [0, 0.05) is 11.1 Å². The summed E-state index contributed by atoms with van der Waals surface area (Å²) in [6.07, 6.45) is 3.18. The maximum atomic E-state index is 12.2. The first-order valence-electron chi connectivity index (χ1n) is 7.83. The SMILES string of the molecule is Cc1cc(NC(=O)C(=O)N[C@@H](c2ccc(Cl)cc2)C2CCC2)no1. The van der Waals surface area contributed by atoms with Crippen LogP contribution in [0.5, 0.6) is 0 Å². The molecule has 2 aromatic rings. The molecule has 1 fully saturated rings. The quantitative estimate of drug-likeness (QED) is 0.831. The number of hydrogen-bond donors (Lipinski definition) is 2. The highest BCUT2D eigenvalue weighted by Gasteiger charge is 2.31. The fourth-order valence-corrected chi connectivity index (χ4v) is 2.85. The van der Waals surface area contributed by atoms with E-state index in [0.29, 0.717) is 16.7 Å². The van der Waals surface area contributed by atoms with Gasteiger partial charge in [-0.05, 0) is 43.4 Å². The van der Waals surface area contributed by atoms with E-state index >= 15 is 0 Å². The van der Waals surface area contributed by atoms with Crippen molar-refractivity contribution in [3.05, 3.63) is 46.7 Å². The summed E-state index contributed by atoms with van der Waals surface area (Å²) in [7, 11) is 0. The fourth-order valence-electron chi connectivity index (χ4n) is 2.72. The first-order valence-corrected chi connectivity index (χ1v) is 8.21. The normalized spacial score (nSPS) is 15.4. The van der Waals surface area contributed by atoms with E-state index in [9.17, 15) is 9.59 Å². The van der Waals surface area contributed by atoms with Crippen LogP contribution in [-0.4, -0.2) is 17.0 Å². The lowest BCUT2D eigenvalue weighted by molar-refractivity contribution is -0.137. The number of carbonyl (C=O) groups excluding carboxylic acids is 2. The van der Waals surface area contributed by atoms with Crippen molar-refractivity contribution < 1.29 is 14.1 Å². The van der Waals surface area contributed by atoms with Crippen molar-refractivity contribution in [1.29, 1.82) is 0 Å². The Balaban J connectivity index is 1.68. The summed E-state index contributed by atoms with van der Waals surface area (Å²) in [5, 5.41) is 9.54. The number of benzene rings is 1. The van der Waals surface area contributed by atoms with Gasteiger partial charge in [-0.15, -0.1) is 0 Å². The molecule has 6 nitrogen and oxygen atoms in total. The number of amides is 2. The molecule has 1 saturated carbocycles. The molecule has 7 heteroatoms. The van der Waals surface area contributed by atoms with E-state index in [1.54, 1.807) is 25.1 Å². The van der Waals surface area contributed by atoms with Gasteiger partial charge in [-0.25, -0.2) is 0 Å². The van der Waals surface area contributed by atoms with Crippen molar-refractivity contribution >= 4 is 29.2 Å². The van der Waals surface area contributed by atoms with Gasteiger partial charge in [0.05, 0.1) is 6.04 Å². The fraction of sp³-hybridized carbons (Fsp3) is 0.353. The lowest BCUT2D eigenvalue weighted by Gasteiger charge is -2.34. The summed E-state index contributed by atoms with van der Waals surface area (Å²) in [4.78, 5) is 24.3. The van der Waals surface area contributed by atoms with E-state index in [1.807, 2.05) is 12.1 Å². The van der Waals surface area contributed by atoms with Crippen LogP contribution >= 0.6 is 11.6 Å². The number of halogens is 1. The summed E-state index contributed by atoms with van der Waals surface area (Å²) in [6, 6.07) is 8.68. The Morgan fingerprint density at radius 1 is 1.25 bits per heavy atom. The topological polar surface area (TPSA) is 84.2 Å². The summed E-state index contributed by atoms with van der Waals surface area (Å²) < 4.78 is 4.86. The molecule has 0 spiro atoms. The van der Waals surface area contributed by atoms with Crippen LogP contribution in [0.2, 0.25) is 5.02 Å². The van der Waals surface area contributed by atoms with E-state index in [2.05, 4.69) is 15.8 Å². The number of rotatable bonds is 4. The summed E-state index contributed by atoms with van der Waals surface area (Å²) in [6.45, 7) is 1.70. The molecule has 1 heterocycles. The van der Waals surface area contributed by atoms with Crippen molar-refractivity contribution in [3.8, 4) is 0 Å². The molecule has 1 atom stereocenters. The maximum absolute atomic E-state index is 12.2. The van der Waals surface area contributed by atoms with Crippen LogP contribution in [0.4, 0.5) is 5.82 Å². The predicted molar refractivity (Wildman–Crippen MR) is 89.5 cm³/mol. The molecule has 3 rings (SSSR count). The number of nitrogens with one attached hydrogen (secondary N) is 2. The Morgan fingerprint density at radius 2 is 1.96 bits per heavy atom. The lowest BCUT2D eigenvalue weighted by atomic mass is 9.77. The third-order valence-electron chi connectivity index (χ3n) is 4.21. The molecular formula is C17H18ClN3O3. The Hall–Kier alpha value is -2.34. The second-order valence-electron chi connectivity index (χ2n) is 5.97. The molecule has 1 aliphatic rings. The average molecular weight is 348 g/mol. The number of nitrogens with zero attached hydrogens (tertiary/aromatic N) is 1. The molecule has 0 aliphatic heterocycles. The van der Waals surface area contributed by atoms with E-state index < -0.39 is 11.8 Å². The van der Waals surface area contributed by atoms with Crippen molar-refractivity contribution in [2.24, 2.45) is 5.92 Å². The van der Waals surface area contributed by atoms with Crippen molar-refractivity contribution in [1.82, 2.24) is 10.5 Å². The Bertz CT molecular complexity index is 738. The molecule has 1 aliphatic carbocycles. The van der Waals surface area contributed by atoms with Gasteiger partial charge in [0.2, 0.25) is 0 Å². The molecule has 1 aromatic carbocycles. The van der Waals surface area contributed by atoms with Gasteiger partial charge in [-0.3, -0.25) is 14.9 Å². The molecule has 2 N–H and O–H groups in total. The van der Waals surface area contributed by atoms with Crippen molar-refractivity contribution in [2.75, 3.05) is 5.32 Å². The van der Waals surface area contributed by atoms with E-state index in [4.69, 9.17) is 16.1 Å². The zero-order chi connectivity index (χ0) is 17.1. The van der Waals surface area contributed by atoms with Gasteiger partial charge in [0.1, 0.15) is 5.76 Å². The number of hydrogen-bond acceptors (Lipinski definition) is 4. The van der Waals surface area contributed by atoms with Gasteiger partial charge in [-0.2, -0.15) is 0 Å². The number of aromatic nitrogens is 1. The Morgan fingerprint density at radius 3 is 2.50 bits per heavy atom. The zero-order valence-electron chi connectivity index (χ0n) is 13.2. The van der Waals surface area contributed by atoms with Gasteiger partial charge in [0.25, 0.3) is 0 Å². The van der Waals surface area contributed by atoms with Crippen molar-refractivity contribution in [2.45, 2.75) is 32.2 Å². The maximum Gasteiger partial charge on any atom is 0.314 e. The highest BCUT2D eigenvalue weighted by atomic mass is 35.5. The molecule has 2 amide bonds. The highest BCUT2D eigenvalue weighted by Crippen LogP contribution is 2.37. The third kappa shape index (κ3) is 3.76. The van der Waals surface area contributed by atoms with E-state index in [0.717, 1.165) is 24.8 Å². The monoisotopic (exact) mass is 347 g/mol. The van der Waals surface area contributed by atoms with E-state index in [1.165, 1.54) is 0 Å². The molecular weight excluding hydrogens is 330 g/mol. The molecule has 0 bridgehead atoms. The minimum absolute atomic E-state index is 0.201. The van der Waals surface area contributed by atoms with Crippen LogP contribution in [0.25, 0.3) is 0 Å². The van der Waals surface area contributed by atoms with Crippen LogP contribution in [-0.2, 0) is 9.59 Å². The van der Waals surface area contributed by atoms with Crippen LogP contribution < -0.4 is 10.6 Å². The van der Waals surface area contributed by atoms with Gasteiger partial charge >= 0.3 is 11.8 Å². The van der Waals surface area contributed by atoms with Gasteiger partial charge in [-0.1, -0.05) is 35.3 Å². The minimum Gasteiger partial charge on any atom is -0.360 e. The van der Waals surface area contributed by atoms with Crippen LogP contribution in [0, 0.1) is 12.8 Å². The molecule has 0 radical (unpaired) electrons. The van der Waals surface area contributed by atoms with Crippen LogP contribution in [0.3, 0.4) is 0 Å². The number of anilines is 1. The predicted octanol–water partition coefficient (Wildman–Crippen LogP) is 3.23. The van der Waals surface area contributed by atoms with Crippen molar-refractivity contribution in [3.63, 3.8) is 0 Å². The standard InChI is InChI=1S/C17H18ClN3O3/c1-10-9-14(21-24-10)19-16(22)17(23)20-15(11-3-2-4-11)12-5-7-13(18)8-6-12/h5-9,11,15H,2-4H2,1H3,(H,20,23)(H,19,21,22)/t15-/m1/s1. The first kappa shape index (κ1) is 16.5. The summed E-state index contributed by atoms with van der Waals surface area (Å²) >= 11 is 5.92. The Kier molecular flexibility index (Phi) is 4.85. The summed E-state index contributed by atoms with van der Waals surface area (Å²) in [5.74, 6) is -0.347. The molecule has 24 heavy (non-hydrogen) atoms. The van der Waals surface area contributed by atoms with Gasteiger partial charge < -0.3 is 9.84 Å². The number of aryl methyl sites for hydroxylation is 1. The second kappa shape index (κ2) is 7.05. The first-order chi connectivity index (χ1) is 11.5. The van der Waals surface area contributed by atoms with E-state index in [-0.39, 0.29) is 11.9 Å². The number of carbonyl (C=O) groups is 2. The molecule has 0 unspecified atom stereocenters. The smallest absolute Gasteiger partial charge is 0.314 e. The molecule has 126 valence electrons. The largest absolute Gasteiger partial charge is 0.360 e. The van der Waals surface area contributed by atoms with Crippen LogP contribution in [0.1, 0.15) is 36.6 Å². The third-order valence-corrected chi connectivity index (χ3v) is 4.46. The lowest BCUT2D eigenvalue weighted by Crippen LogP contribution is -2.41. The Labute approximate surface area is 144 Å². The van der Waals surface area contributed by atoms with Crippen LogP contribution in [0.15, 0.2) is 34.9 Å². The molecule has 1 aromatic heterocycles.